The van der Waals surface area contributed by atoms with Gasteiger partial charge in [0.2, 0.25) is 0 Å². The zero-order valence-corrected chi connectivity index (χ0v) is 13.3. The van der Waals surface area contributed by atoms with Gasteiger partial charge < -0.3 is 0 Å². The molecule has 114 valence electrons. The van der Waals surface area contributed by atoms with Gasteiger partial charge in [0.25, 0.3) is 0 Å². The van der Waals surface area contributed by atoms with Gasteiger partial charge in [0.05, 0.1) is 12.4 Å². The molecule has 0 spiro atoms. The maximum atomic E-state index is 13.0. The van der Waals surface area contributed by atoms with Crippen molar-refractivity contribution in [1.29, 1.82) is 0 Å². The smallest absolute Gasteiger partial charge is 0.159 e. The molecule has 1 atom stereocenters. The molecule has 2 nitrogen and oxygen atoms in total. The summed E-state index contributed by atoms with van der Waals surface area (Å²) in [5.41, 5.74) is -0.00336. The van der Waals surface area contributed by atoms with Crippen molar-refractivity contribution in [3.05, 3.63) is 24.0 Å². The van der Waals surface area contributed by atoms with Gasteiger partial charge in [-0.1, -0.05) is 65.7 Å². The predicted molar refractivity (Wildman–Crippen MR) is 82.2 cm³/mol. The molecule has 1 unspecified atom stereocenters. The second-order valence-electron chi connectivity index (χ2n) is 6.05. The first kappa shape index (κ1) is 17.1. The Kier molecular flexibility index (Phi) is 7.71. The van der Waals surface area contributed by atoms with Gasteiger partial charge in [-0.05, 0) is 12.8 Å². The lowest BCUT2D eigenvalue weighted by Gasteiger charge is -2.28. The van der Waals surface area contributed by atoms with Crippen molar-refractivity contribution in [3.63, 3.8) is 0 Å². The van der Waals surface area contributed by atoms with Crippen molar-refractivity contribution in [3.8, 4) is 0 Å². The predicted octanol–water partition coefficient (Wildman–Crippen LogP) is 5.42. The lowest BCUT2D eigenvalue weighted by Crippen LogP contribution is -2.25. The van der Waals surface area contributed by atoms with Crippen LogP contribution in [0.25, 0.3) is 0 Å². The fourth-order valence-electron chi connectivity index (χ4n) is 2.68. The highest BCUT2D eigenvalue weighted by molar-refractivity contribution is 5.06. The molecule has 0 saturated heterocycles. The largest absolute Gasteiger partial charge is 0.238 e. The normalized spacial score (nSPS) is 14.2. The third-order valence-corrected chi connectivity index (χ3v) is 4.07. The summed E-state index contributed by atoms with van der Waals surface area (Å²) in [6.45, 7) is 6.68. The molecule has 3 heteroatoms. The Morgan fingerprint density at radius 3 is 1.95 bits per heavy atom. The molecular formula is C17H29FN2. The van der Waals surface area contributed by atoms with Gasteiger partial charge in [0, 0.05) is 5.41 Å². The minimum absolute atomic E-state index is 0.00336. The highest BCUT2D eigenvalue weighted by Gasteiger charge is 2.28. The standard InChI is InChI=1S/C17H29FN2/c1-4-6-8-10-12-17(3,11-9-7-5-2)16-19-13-15(18)14-20-16/h13-14H,4-12H2,1-3H3. The van der Waals surface area contributed by atoms with Crippen LogP contribution in [0.4, 0.5) is 4.39 Å². The molecule has 0 N–H and O–H groups in total. The number of nitrogens with zero attached hydrogens (tertiary/aromatic N) is 2. The van der Waals surface area contributed by atoms with E-state index in [1.807, 2.05) is 0 Å². The van der Waals surface area contributed by atoms with Gasteiger partial charge in [0.1, 0.15) is 5.82 Å². The zero-order valence-electron chi connectivity index (χ0n) is 13.3. The Balaban J connectivity index is 2.68. The molecular weight excluding hydrogens is 251 g/mol. The van der Waals surface area contributed by atoms with Crippen LogP contribution in [0.3, 0.4) is 0 Å². The van der Waals surface area contributed by atoms with Gasteiger partial charge in [-0.25, -0.2) is 14.4 Å². The van der Waals surface area contributed by atoms with E-state index in [1.165, 1.54) is 57.3 Å². The van der Waals surface area contributed by atoms with Crippen LogP contribution in [0.15, 0.2) is 12.4 Å². The summed E-state index contributed by atoms with van der Waals surface area (Å²) in [5, 5.41) is 0. The van der Waals surface area contributed by atoms with Gasteiger partial charge in [-0.2, -0.15) is 0 Å². The fourth-order valence-corrected chi connectivity index (χ4v) is 2.68. The van der Waals surface area contributed by atoms with Crippen molar-refractivity contribution in [2.24, 2.45) is 0 Å². The monoisotopic (exact) mass is 280 g/mol. The summed E-state index contributed by atoms with van der Waals surface area (Å²) in [6.07, 6.45) is 13.5. The highest BCUT2D eigenvalue weighted by Crippen LogP contribution is 2.33. The summed E-state index contributed by atoms with van der Waals surface area (Å²) in [6, 6.07) is 0. The molecule has 1 aromatic rings. The first-order chi connectivity index (χ1) is 9.62. The molecule has 20 heavy (non-hydrogen) atoms. The van der Waals surface area contributed by atoms with E-state index in [9.17, 15) is 4.39 Å². The first-order valence-corrected chi connectivity index (χ1v) is 8.10. The van der Waals surface area contributed by atoms with Crippen LogP contribution in [0.2, 0.25) is 0 Å². The van der Waals surface area contributed by atoms with E-state index in [4.69, 9.17) is 0 Å². The van der Waals surface area contributed by atoms with E-state index in [1.54, 1.807) is 0 Å². The lowest BCUT2D eigenvalue weighted by atomic mass is 9.79. The van der Waals surface area contributed by atoms with Gasteiger partial charge >= 0.3 is 0 Å². The van der Waals surface area contributed by atoms with Crippen molar-refractivity contribution < 1.29 is 4.39 Å². The quantitative estimate of drug-likeness (QED) is 0.534. The molecule has 0 fully saturated rings. The summed E-state index contributed by atoms with van der Waals surface area (Å²) < 4.78 is 13.0. The van der Waals surface area contributed by atoms with E-state index in [0.29, 0.717) is 0 Å². The molecule has 0 bridgehead atoms. The average Bonchev–Trinajstić information content (AvgIpc) is 2.45. The number of unbranched alkanes of at least 4 members (excludes halogenated alkanes) is 5. The maximum Gasteiger partial charge on any atom is 0.159 e. The molecule has 0 saturated carbocycles. The third kappa shape index (κ3) is 5.56. The van der Waals surface area contributed by atoms with Crippen LogP contribution in [-0.4, -0.2) is 9.97 Å². The summed E-state index contributed by atoms with van der Waals surface area (Å²) >= 11 is 0. The molecule has 0 aliphatic carbocycles. The van der Waals surface area contributed by atoms with E-state index in [-0.39, 0.29) is 11.2 Å². The minimum atomic E-state index is -0.351. The van der Waals surface area contributed by atoms with E-state index < -0.39 is 0 Å². The SMILES string of the molecule is CCCCCCC(C)(CCCCC)c1ncc(F)cn1. The average molecular weight is 280 g/mol. The van der Waals surface area contributed by atoms with E-state index >= 15 is 0 Å². The van der Waals surface area contributed by atoms with E-state index in [0.717, 1.165) is 18.7 Å². The Morgan fingerprint density at radius 2 is 1.40 bits per heavy atom. The third-order valence-electron chi connectivity index (χ3n) is 4.07. The van der Waals surface area contributed by atoms with Crippen LogP contribution in [0.1, 0.15) is 84.4 Å². The fraction of sp³-hybridized carbons (Fsp3) is 0.765. The van der Waals surface area contributed by atoms with Gasteiger partial charge in [-0.15, -0.1) is 0 Å². The summed E-state index contributed by atoms with van der Waals surface area (Å²) in [7, 11) is 0. The number of rotatable bonds is 10. The first-order valence-electron chi connectivity index (χ1n) is 8.10. The second kappa shape index (κ2) is 9.04. The Morgan fingerprint density at radius 1 is 0.900 bits per heavy atom. The van der Waals surface area contributed by atoms with Crippen LogP contribution < -0.4 is 0 Å². The topological polar surface area (TPSA) is 25.8 Å². The lowest BCUT2D eigenvalue weighted by molar-refractivity contribution is 0.345. The molecule has 0 aromatic carbocycles. The van der Waals surface area contributed by atoms with Crippen molar-refractivity contribution in [2.45, 2.75) is 84.0 Å². The molecule has 0 radical (unpaired) electrons. The second-order valence-corrected chi connectivity index (χ2v) is 6.05. The van der Waals surface area contributed by atoms with E-state index in [2.05, 4.69) is 30.7 Å². The number of hydrogen-bond donors (Lipinski definition) is 0. The Bertz CT molecular complexity index is 364. The molecule has 0 aliphatic rings. The van der Waals surface area contributed by atoms with Crippen molar-refractivity contribution >= 4 is 0 Å². The van der Waals surface area contributed by atoms with Crippen molar-refractivity contribution in [1.82, 2.24) is 9.97 Å². The van der Waals surface area contributed by atoms with Gasteiger partial charge in [-0.3, -0.25) is 0 Å². The summed E-state index contributed by atoms with van der Waals surface area (Å²) in [5.74, 6) is 0.460. The van der Waals surface area contributed by atoms with Crippen LogP contribution in [0, 0.1) is 5.82 Å². The number of hydrogen-bond acceptors (Lipinski definition) is 2. The van der Waals surface area contributed by atoms with Crippen LogP contribution in [0.5, 0.6) is 0 Å². The van der Waals surface area contributed by atoms with Gasteiger partial charge in [0.15, 0.2) is 5.82 Å². The highest BCUT2D eigenvalue weighted by atomic mass is 19.1. The molecule has 1 rings (SSSR count). The Labute approximate surface area is 123 Å². The Hall–Kier alpha value is -0.990. The molecule has 1 heterocycles. The molecule has 1 aromatic heterocycles. The van der Waals surface area contributed by atoms with Crippen LogP contribution >= 0.6 is 0 Å². The number of halogens is 1. The zero-order chi connectivity index (χ0) is 14.8. The van der Waals surface area contributed by atoms with Crippen LogP contribution in [-0.2, 0) is 5.41 Å². The molecule has 0 amide bonds. The number of aromatic nitrogens is 2. The maximum absolute atomic E-state index is 13.0. The minimum Gasteiger partial charge on any atom is -0.238 e. The summed E-state index contributed by atoms with van der Waals surface area (Å²) in [4.78, 5) is 8.48. The molecule has 0 aliphatic heterocycles. The van der Waals surface area contributed by atoms with Crippen molar-refractivity contribution in [2.75, 3.05) is 0 Å².